The molecular formula is C21H42O5S. The van der Waals surface area contributed by atoms with Crippen molar-refractivity contribution in [2.75, 3.05) is 0 Å². The summed E-state index contributed by atoms with van der Waals surface area (Å²) < 4.78 is 30.8. The fourth-order valence-corrected chi connectivity index (χ4v) is 3.58. The maximum Gasteiger partial charge on any atom is 0.295 e. The van der Waals surface area contributed by atoms with Gasteiger partial charge < -0.3 is 5.11 Å². The van der Waals surface area contributed by atoms with E-state index >= 15 is 0 Å². The van der Waals surface area contributed by atoms with Crippen molar-refractivity contribution in [3.63, 3.8) is 0 Å². The third-order valence-electron chi connectivity index (χ3n) is 5.14. The van der Waals surface area contributed by atoms with Crippen LogP contribution in [0, 0.1) is 0 Å². The van der Waals surface area contributed by atoms with Gasteiger partial charge in [0, 0.05) is 6.42 Å². The first kappa shape index (κ1) is 26.5. The van der Waals surface area contributed by atoms with Crippen molar-refractivity contribution in [1.29, 1.82) is 0 Å². The minimum Gasteiger partial charge on any atom is -0.372 e. The molecule has 0 spiro atoms. The van der Waals surface area contributed by atoms with E-state index in [4.69, 9.17) is 4.55 Å². The van der Waals surface area contributed by atoms with E-state index in [2.05, 4.69) is 6.92 Å². The molecule has 0 rings (SSSR count). The molecule has 0 heterocycles. The van der Waals surface area contributed by atoms with Crippen LogP contribution in [0.25, 0.3) is 0 Å². The molecule has 6 heteroatoms. The first-order valence-corrected chi connectivity index (χ1v) is 12.4. The summed E-state index contributed by atoms with van der Waals surface area (Å²) in [4.78, 5) is 9.33. The smallest absolute Gasteiger partial charge is 0.295 e. The van der Waals surface area contributed by atoms with Gasteiger partial charge in [-0.05, 0) is 13.3 Å². The second-order valence-corrected chi connectivity index (χ2v) is 9.89. The third kappa shape index (κ3) is 15.2. The van der Waals surface area contributed by atoms with Gasteiger partial charge in [-0.15, -0.1) is 0 Å². The van der Waals surface area contributed by atoms with Crippen LogP contribution >= 0.6 is 0 Å². The Bertz CT molecular complexity index is 471. The molecule has 0 aromatic carbocycles. The molecule has 0 saturated heterocycles. The number of aliphatic hydroxyl groups is 1. The van der Waals surface area contributed by atoms with Gasteiger partial charge in [0.15, 0.2) is 4.93 Å². The zero-order chi connectivity index (χ0) is 20.6. The van der Waals surface area contributed by atoms with Gasteiger partial charge >= 0.3 is 0 Å². The Labute approximate surface area is 167 Å². The molecule has 162 valence electrons. The molecule has 2 N–H and O–H groups in total. The number of unbranched alkanes of at least 4 members (excludes halogenated alkanes) is 14. The normalized spacial score (nSPS) is 14.2. The molecule has 0 aliphatic rings. The van der Waals surface area contributed by atoms with Crippen molar-refractivity contribution in [3.05, 3.63) is 0 Å². The monoisotopic (exact) mass is 406 g/mol. The van der Waals surface area contributed by atoms with Crippen molar-refractivity contribution >= 4 is 15.9 Å². The first-order valence-electron chi connectivity index (χ1n) is 10.9. The van der Waals surface area contributed by atoms with E-state index in [9.17, 15) is 18.3 Å². The quantitative estimate of drug-likeness (QED) is 0.209. The van der Waals surface area contributed by atoms with Gasteiger partial charge in [0.1, 0.15) is 5.78 Å². The van der Waals surface area contributed by atoms with Gasteiger partial charge in [-0.3, -0.25) is 9.35 Å². The van der Waals surface area contributed by atoms with Crippen LogP contribution in [-0.2, 0) is 14.9 Å². The molecule has 0 aliphatic heterocycles. The minimum absolute atomic E-state index is 0.254. The summed E-state index contributed by atoms with van der Waals surface area (Å²) in [5.41, 5.74) is 0. The van der Waals surface area contributed by atoms with Crippen molar-refractivity contribution in [2.24, 2.45) is 0 Å². The zero-order valence-electron chi connectivity index (χ0n) is 17.5. The topological polar surface area (TPSA) is 91.7 Å². The molecule has 0 radical (unpaired) electrons. The van der Waals surface area contributed by atoms with Gasteiger partial charge in [0.25, 0.3) is 10.1 Å². The molecule has 0 amide bonds. The van der Waals surface area contributed by atoms with Gasteiger partial charge in [0.2, 0.25) is 0 Å². The summed E-state index contributed by atoms with van der Waals surface area (Å²) in [6.45, 7) is 3.20. The average Bonchev–Trinajstić information content (AvgIpc) is 2.57. The van der Waals surface area contributed by atoms with E-state index < -0.39 is 21.5 Å². The zero-order valence-corrected chi connectivity index (χ0v) is 18.4. The fraction of sp³-hybridized carbons (Fsp3) is 0.952. The summed E-state index contributed by atoms with van der Waals surface area (Å²) >= 11 is 0. The van der Waals surface area contributed by atoms with Crippen LogP contribution in [-0.4, -0.2) is 28.8 Å². The number of Topliss-reactive ketones (excluding diaryl/α,β-unsaturated/α-hetero) is 1. The van der Waals surface area contributed by atoms with E-state index in [-0.39, 0.29) is 12.2 Å². The Morgan fingerprint density at radius 3 is 1.41 bits per heavy atom. The SMILES string of the molecule is CCCCCCCCCCCCCCCCCC(=O)CC(C)(O)S(=O)(=O)O. The Kier molecular flexibility index (Phi) is 15.2. The maximum absolute atomic E-state index is 11.7. The summed E-state index contributed by atoms with van der Waals surface area (Å²) in [6, 6.07) is 0. The Balaban J connectivity index is 3.39. The molecule has 0 aliphatic carbocycles. The van der Waals surface area contributed by atoms with Gasteiger partial charge in [-0.25, -0.2) is 0 Å². The molecular weight excluding hydrogens is 364 g/mol. The molecule has 1 unspecified atom stereocenters. The van der Waals surface area contributed by atoms with Gasteiger partial charge in [-0.2, -0.15) is 8.42 Å². The predicted octanol–water partition coefficient (Wildman–Crippen LogP) is 5.80. The molecule has 5 nitrogen and oxygen atoms in total. The minimum atomic E-state index is -4.62. The van der Waals surface area contributed by atoms with Crippen LogP contribution in [0.3, 0.4) is 0 Å². The van der Waals surface area contributed by atoms with E-state index in [1.54, 1.807) is 0 Å². The molecule has 0 saturated carbocycles. The predicted molar refractivity (Wildman–Crippen MR) is 111 cm³/mol. The van der Waals surface area contributed by atoms with E-state index in [0.29, 0.717) is 6.42 Å². The van der Waals surface area contributed by atoms with Crippen molar-refractivity contribution in [1.82, 2.24) is 0 Å². The Morgan fingerprint density at radius 1 is 0.741 bits per heavy atom. The van der Waals surface area contributed by atoms with Crippen LogP contribution in [0.5, 0.6) is 0 Å². The van der Waals surface area contributed by atoms with E-state index in [1.165, 1.54) is 77.0 Å². The lowest BCUT2D eigenvalue weighted by Gasteiger charge is -2.18. The van der Waals surface area contributed by atoms with Crippen LogP contribution in [0.4, 0.5) is 0 Å². The molecule has 0 aromatic rings. The molecule has 0 fully saturated rings. The Hall–Kier alpha value is -0.460. The number of carbonyl (C=O) groups is 1. The highest BCUT2D eigenvalue weighted by atomic mass is 32.2. The number of ketones is 1. The van der Waals surface area contributed by atoms with Crippen LogP contribution in [0.15, 0.2) is 0 Å². The van der Waals surface area contributed by atoms with Gasteiger partial charge in [0.05, 0.1) is 6.42 Å². The highest BCUT2D eigenvalue weighted by Gasteiger charge is 2.37. The van der Waals surface area contributed by atoms with Crippen LogP contribution in [0.1, 0.15) is 123 Å². The highest BCUT2D eigenvalue weighted by molar-refractivity contribution is 7.87. The van der Waals surface area contributed by atoms with Crippen molar-refractivity contribution in [2.45, 2.75) is 128 Å². The van der Waals surface area contributed by atoms with Crippen molar-refractivity contribution < 1.29 is 22.9 Å². The lowest BCUT2D eigenvalue weighted by Crippen LogP contribution is -2.37. The molecule has 0 aromatic heterocycles. The van der Waals surface area contributed by atoms with E-state index in [0.717, 1.165) is 19.8 Å². The first-order chi connectivity index (χ1) is 12.7. The summed E-state index contributed by atoms with van der Waals surface area (Å²) in [5, 5.41) is 9.59. The maximum atomic E-state index is 11.7. The fourth-order valence-electron chi connectivity index (χ4n) is 3.24. The second kappa shape index (κ2) is 15.5. The largest absolute Gasteiger partial charge is 0.372 e. The number of rotatable bonds is 19. The average molecular weight is 407 g/mol. The third-order valence-corrected chi connectivity index (χ3v) is 6.40. The Morgan fingerprint density at radius 2 is 1.07 bits per heavy atom. The number of hydrogen-bond donors (Lipinski definition) is 2. The lowest BCUT2D eigenvalue weighted by molar-refractivity contribution is -0.121. The highest BCUT2D eigenvalue weighted by Crippen LogP contribution is 2.19. The number of carbonyl (C=O) groups excluding carboxylic acids is 1. The molecule has 1 atom stereocenters. The lowest BCUT2D eigenvalue weighted by atomic mass is 10.0. The standard InChI is InChI=1S/C21H42O5S/c1-3-4-5-6-7-8-9-10-11-12-13-14-15-16-17-18-20(22)19-21(2,23)27(24,25)26/h23H,3-19H2,1-2H3,(H,24,25,26). The summed E-state index contributed by atoms with van der Waals surface area (Å²) in [6.07, 6.45) is 18.4. The van der Waals surface area contributed by atoms with Crippen molar-refractivity contribution in [3.8, 4) is 0 Å². The van der Waals surface area contributed by atoms with E-state index in [1.807, 2.05) is 0 Å². The summed E-state index contributed by atoms with van der Waals surface area (Å²) in [7, 11) is -4.62. The van der Waals surface area contributed by atoms with Crippen LogP contribution < -0.4 is 0 Å². The second-order valence-electron chi connectivity index (χ2n) is 8.07. The summed E-state index contributed by atoms with van der Waals surface area (Å²) in [5.74, 6) is -0.327. The molecule has 27 heavy (non-hydrogen) atoms. The molecule has 0 bridgehead atoms. The number of hydrogen-bond acceptors (Lipinski definition) is 4. The van der Waals surface area contributed by atoms with Gasteiger partial charge in [-0.1, -0.05) is 96.8 Å². The van der Waals surface area contributed by atoms with Crippen LogP contribution in [0.2, 0.25) is 0 Å².